The number of likely N-dealkylation sites (tertiary alicyclic amines) is 1. The minimum absolute atomic E-state index is 0.0111. The highest BCUT2D eigenvalue weighted by atomic mass is 32.1. The van der Waals surface area contributed by atoms with Gasteiger partial charge in [-0.25, -0.2) is 4.79 Å². The quantitative estimate of drug-likeness (QED) is 0.354. The van der Waals surface area contributed by atoms with Crippen LogP contribution < -0.4 is 11.1 Å². The summed E-state index contributed by atoms with van der Waals surface area (Å²) in [7, 11) is 0. The molecular formula is C21H25N3O6S. The number of amides is 4. The number of allylic oxidation sites excluding steroid dienone is 2. The molecule has 0 spiro atoms. The van der Waals surface area contributed by atoms with Crippen LogP contribution in [-0.4, -0.2) is 47.1 Å². The van der Waals surface area contributed by atoms with Gasteiger partial charge < -0.3 is 15.8 Å². The van der Waals surface area contributed by atoms with Crippen molar-refractivity contribution in [2.24, 2.45) is 23.5 Å². The summed E-state index contributed by atoms with van der Waals surface area (Å²) in [5.41, 5.74) is 5.40. The maximum absolute atomic E-state index is 12.9. The zero-order valence-electron chi connectivity index (χ0n) is 17.3. The Hall–Kier alpha value is -3.01. The number of esters is 1. The van der Waals surface area contributed by atoms with Crippen molar-refractivity contribution in [3.63, 3.8) is 0 Å². The second kappa shape index (κ2) is 9.42. The van der Waals surface area contributed by atoms with Crippen molar-refractivity contribution in [2.75, 3.05) is 11.9 Å². The molecule has 1 aromatic rings. The number of thiophene rings is 1. The zero-order valence-corrected chi connectivity index (χ0v) is 18.1. The first kappa shape index (κ1) is 22.7. The molecule has 2 heterocycles. The Morgan fingerprint density at radius 3 is 2.35 bits per heavy atom. The lowest BCUT2D eigenvalue weighted by Crippen LogP contribution is -2.47. The van der Waals surface area contributed by atoms with E-state index in [0.29, 0.717) is 12.8 Å². The Balaban J connectivity index is 1.67. The number of rotatable bonds is 8. The van der Waals surface area contributed by atoms with E-state index in [9.17, 15) is 24.0 Å². The highest BCUT2D eigenvalue weighted by Crippen LogP contribution is 2.37. The molecule has 9 nitrogen and oxygen atoms in total. The molecule has 0 unspecified atom stereocenters. The van der Waals surface area contributed by atoms with Gasteiger partial charge in [0.05, 0.1) is 17.4 Å². The molecule has 1 aromatic heterocycles. The van der Waals surface area contributed by atoms with Crippen LogP contribution in [-0.2, 0) is 23.9 Å². The van der Waals surface area contributed by atoms with Crippen molar-refractivity contribution in [3.05, 3.63) is 29.2 Å². The number of nitrogens with one attached hydrogen (secondary N) is 1. The van der Waals surface area contributed by atoms with Crippen LogP contribution >= 0.6 is 11.3 Å². The summed E-state index contributed by atoms with van der Waals surface area (Å²) >= 11 is 1.11. The van der Waals surface area contributed by atoms with Crippen LogP contribution in [0.2, 0.25) is 0 Å². The molecule has 4 amide bonds. The minimum atomic E-state index is -1.08. The Kier molecular flexibility index (Phi) is 6.89. The number of anilines is 1. The fraction of sp³-hybridized carbons (Fsp3) is 0.476. The van der Waals surface area contributed by atoms with Gasteiger partial charge in [-0.05, 0) is 36.6 Å². The van der Waals surface area contributed by atoms with Gasteiger partial charge in [-0.15, -0.1) is 11.3 Å². The van der Waals surface area contributed by atoms with E-state index in [-0.39, 0.29) is 34.7 Å². The third kappa shape index (κ3) is 4.84. The van der Waals surface area contributed by atoms with Crippen LogP contribution in [0.4, 0.5) is 5.00 Å². The van der Waals surface area contributed by atoms with Crippen LogP contribution in [0.3, 0.4) is 0 Å². The zero-order chi connectivity index (χ0) is 22.7. The Bertz CT molecular complexity index is 911. The molecule has 1 aliphatic carbocycles. The molecule has 1 aliphatic heterocycles. The third-order valence-corrected chi connectivity index (χ3v) is 6.18. The summed E-state index contributed by atoms with van der Waals surface area (Å²) in [6, 6.07) is 0.396. The van der Waals surface area contributed by atoms with E-state index in [1.807, 2.05) is 26.0 Å². The van der Waals surface area contributed by atoms with Gasteiger partial charge in [0, 0.05) is 0 Å². The number of primary amides is 1. The van der Waals surface area contributed by atoms with Crippen molar-refractivity contribution in [1.29, 1.82) is 0 Å². The van der Waals surface area contributed by atoms with E-state index in [4.69, 9.17) is 10.5 Å². The number of carbonyl (C=O) groups excluding carboxylic acids is 5. The lowest BCUT2D eigenvalue weighted by Gasteiger charge is -2.26. The van der Waals surface area contributed by atoms with Crippen LogP contribution in [0.25, 0.3) is 0 Å². The topological polar surface area (TPSA) is 136 Å². The molecule has 1 saturated heterocycles. The van der Waals surface area contributed by atoms with Gasteiger partial charge in [0.2, 0.25) is 11.8 Å². The largest absolute Gasteiger partial charge is 0.454 e. The molecule has 31 heavy (non-hydrogen) atoms. The first-order chi connectivity index (χ1) is 14.7. The SMILES string of the molecule is CC(C)C[C@H](C(=O)OCC(=O)Nc1sccc1C(N)=O)N1C(=O)[C@@H]2CC=CC[C@H]2C1=O. The van der Waals surface area contributed by atoms with Gasteiger partial charge in [0.15, 0.2) is 6.61 Å². The highest BCUT2D eigenvalue weighted by molar-refractivity contribution is 7.14. The smallest absolute Gasteiger partial charge is 0.329 e. The molecule has 0 saturated carbocycles. The molecule has 3 N–H and O–H groups in total. The van der Waals surface area contributed by atoms with E-state index in [1.54, 1.807) is 5.38 Å². The maximum atomic E-state index is 12.9. The van der Waals surface area contributed by atoms with E-state index in [2.05, 4.69) is 5.32 Å². The first-order valence-corrected chi connectivity index (χ1v) is 10.9. The van der Waals surface area contributed by atoms with Crippen molar-refractivity contribution in [2.45, 2.75) is 39.2 Å². The van der Waals surface area contributed by atoms with E-state index in [0.717, 1.165) is 16.2 Å². The van der Waals surface area contributed by atoms with Gasteiger partial charge in [-0.1, -0.05) is 26.0 Å². The normalized spacial score (nSPS) is 21.2. The standard InChI is InChI=1S/C21H25N3O6S/c1-11(2)9-15(24-19(27)12-5-3-4-6-13(12)20(24)28)21(29)30-10-16(25)23-18-14(17(22)26)7-8-31-18/h3-4,7-8,11-13,15H,5-6,9-10H2,1-2H3,(H2,22,26)(H,23,25)/t12-,13-,15-/m1/s1. The van der Waals surface area contributed by atoms with E-state index >= 15 is 0 Å². The molecule has 0 radical (unpaired) electrons. The summed E-state index contributed by atoms with van der Waals surface area (Å²) in [6.45, 7) is 3.12. The minimum Gasteiger partial charge on any atom is -0.454 e. The Morgan fingerprint density at radius 1 is 1.19 bits per heavy atom. The Labute approximate surface area is 183 Å². The summed E-state index contributed by atoms with van der Waals surface area (Å²) in [6.07, 6.45) is 4.94. The van der Waals surface area contributed by atoms with Gasteiger partial charge >= 0.3 is 5.97 Å². The number of fused-ring (bicyclic) bond motifs is 1. The van der Waals surface area contributed by atoms with Crippen molar-refractivity contribution in [1.82, 2.24) is 4.90 Å². The van der Waals surface area contributed by atoms with E-state index < -0.39 is 42.3 Å². The predicted octanol–water partition coefficient (Wildman–Crippen LogP) is 1.69. The molecule has 3 rings (SSSR count). The molecule has 166 valence electrons. The third-order valence-electron chi connectivity index (χ3n) is 5.35. The average molecular weight is 448 g/mol. The average Bonchev–Trinajstić information content (AvgIpc) is 3.28. The number of imide groups is 1. The molecule has 3 atom stereocenters. The summed E-state index contributed by atoms with van der Waals surface area (Å²) in [4.78, 5) is 63.1. The summed E-state index contributed by atoms with van der Waals surface area (Å²) < 4.78 is 5.15. The molecule has 0 aromatic carbocycles. The summed E-state index contributed by atoms with van der Waals surface area (Å²) in [5, 5.41) is 4.34. The Morgan fingerprint density at radius 2 is 1.81 bits per heavy atom. The number of hydrogen-bond acceptors (Lipinski definition) is 7. The number of ether oxygens (including phenoxy) is 1. The number of hydrogen-bond donors (Lipinski definition) is 2. The molecule has 10 heteroatoms. The maximum Gasteiger partial charge on any atom is 0.329 e. The van der Waals surface area contributed by atoms with Gasteiger partial charge in [-0.2, -0.15) is 0 Å². The van der Waals surface area contributed by atoms with Gasteiger partial charge in [0.25, 0.3) is 11.8 Å². The highest BCUT2D eigenvalue weighted by Gasteiger charge is 2.51. The van der Waals surface area contributed by atoms with Crippen LogP contribution in [0.5, 0.6) is 0 Å². The van der Waals surface area contributed by atoms with Gasteiger partial charge in [0.1, 0.15) is 11.0 Å². The molecule has 2 aliphatic rings. The second-order valence-electron chi connectivity index (χ2n) is 8.03. The molecule has 0 bridgehead atoms. The fourth-order valence-corrected chi connectivity index (χ4v) is 4.69. The number of nitrogens with zero attached hydrogens (tertiary/aromatic N) is 1. The van der Waals surface area contributed by atoms with Crippen molar-refractivity contribution >= 4 is 45.9 Å². The number of nitrogens with two attached hydrogens (primary N) is 1. The summed E-state index contributed by atoms with van der Waals surface area (Å²) in [5.74, 6) is -3.77. The number of carbonyl (C=O) groups is 5. The van der Waals surface area contributed by atoms with Crippen LogP contribution in [0.1, 0.15) is 43.5 Å². The van der Waals surface area contributed by atoms with Crippen LogP contribution in [0, 0.1) is 17.8 Å². The lowest BCUT2D eigenvalue weighted by atomic mass is 9.85. The first-order valence-electron chi connectivity index (χ1n) is 10.1. The van der Waals surface area contributed by atoms with Crippen LogP contribution in [0.15, 0.2) is 23.6 Å². The molecule has 1 fully saturated rings. The fourth-order valence-electron chi connectivity index (χ4n) is 3.88. The van der Waals surface area contributed by atoms with Gasteiger partial charge in [-0.3, -0.25) is 24.1 Å². The predicted molar refractivity (Wildman–Crippen MR) is 113 cm³/mol. The molecular weight excluding hydrogens is 422 g/mol. The van der Waals surface area contributed by atoms with Crippen molar-refractivity contribution < 1.29 is 28.7 Å². The lowest BCUT2D eigenvalue weighted by molar-refractivity contribution is -0.160. The van der Waals surface area contributed by atoms with E-state index in [1.165, 1.54) is 6.07 Å². The monoisotopic (exact) mass is 447 g/mol. The van der Waals surface area contributed by atoms with Crippen molar-refractivity contribution in [3.8, 4) is 0 Å². The second-order valence-corrected chi connectivity index (χ2v) is 8.95.